The third-order valence-electron chi connectivity index (χ3n) is 7.91. The van der Waals surface area contributed by atoms with Gasteiger partial charge in [-0.1, -0.05) is 34.1 Å². The molecule has 232 valence electrons. The van der Waals surface area contributed by atoms with Crippen LogP contribution in [0.2, 0.25) is 18.1 Å². The molecule has 41 heavy (non-hydrogen) atoms. The average Bonchev–Trinajstić information content (AvgIpc) is 2.86. The number of hydrogen-bond acceptors (Lipinski definition) is 7. The first-order chi connectivity index (χ1) is 18.9. The number of ether oxygens (including phenoxy) is 4. The number of unbranched alkanes of at least 4 members (excludes halogenated alkanes) is 1. The second kappa shape index (κ2) is 14.1. The normalized spacial score (nSPS) is 19.1. The summed E-state index contributed by atoms with van der Waals surface area (Å²) in [4.78, 5) is 26.9. The van der Waals surface area contributed by atoms with Crippen molar-refractivity contribution in [1.29, 1.82) is 0 Å². The van der Waals surface area contributed by atoms with Crippen LogP contribution in [0.4, 0.5) is 10.5 Å². The first kappa shape index (κ1) is 34.7. The molecule has 8 nitrogen and oxygen atoms in total. The standard InChI is InChI=1S/C32H53NO7Si/c1-13-14-15-24-25(33(8)30(35)39-31(2,3)4)18-19-26(36-9)29(24)38-27-21-23(40-41(11,12)32(5,6)7)17-16-22(27)20-28(34)37-10/h18-20,23,27H,13-17,21H2,1-12H3/b22-20-/t23-,27-/m0/s1. The van der Waals surface area contributed by atoms with Crippen LogP contribution in [0, 0.1) is 0 Å². The molecule has 0 spiro atoms. The van der Waals surface area contributed by atoms with Crippen LogP contribution in [0.5, 0.6) is 11.5 Å². The van der Waals surface area contributed by atoms with Gasteiger partial charge >= 0.3 is 12.1 Å². The lowest BCUT2D eigenvalue weighted by atomic mass is 9.89. The third kappa shape index (κ3) is 9.50. The van der Waals surface area contributed by atoms with Crippen molar-refractivity contribution < 1.29 is 33.0 Å². The van der Waals surface area contributed by atoms with E-state index in [0.29, 0.717) is 36.4 Å². The minimum atomic E-state index is -2.03. The van der Waals surface area contributed by atoms with Gasteiger partial charge in [-0.25, -0.2) is 9.59 Å². The van der Waals surface area contributed by atoms with Gasteiger partial charge in [-0.05, 0) is 82.3 Å². The zero-order valence-corrected chi connectivity index (χ0v) is 28.4. The molecule has 1 aliphatic carbocycles. The maximum absolute atomic E-state index is 13.1. The van der Waals surface area contributed by atoms with Crippen molar-refractivity contribution >= 4 is 26.1 Å². The van der Waals surface area contributed by atoms with Crippen molar-refractivity contribution in [2.75, 3.05) is 26.2 Å². The van der Waals surface area contributed by atoms with Gasteiger partial charge in [0, 0.05) is 31.2 Å². The van der Waals surface area contributed by atoms with E-state index < -0.39 is 32.1 Å². The summed E-state index contributed by atoms with van der Waals surface area (Å²) in [6, 6.07) is 3.69. The third-order valence-corrected chi connectivity index (χ3v) is 12.4. The molecule has 0 N–H and O–H groups in total. The molecule has 1 aromatic rings. The molecule has 1 amide bonds. The van der Waals surface area contributed by atoms with Crippen LogP contribution >= 0.6 is 0 Å². The molecule has 1 aliphatic rings. The van der Waals surface area contributed by atoms with E-state index in [1.54, 1.807) is 20.2 Å². The minimum Gasteiger partial charge on any atom is -0.493 e. The van der Waals surface area contributed by atoms with Crippen molar-refractivity contribution in [3.05, 3.63) is 29.3 Å². The zero-order valence-electron chi connectivity index (χ0n) is 27.4. The van der Waals surface area contributed by atoms with E-state index in [1.165, 1.54) is 12.0 Å². The molecule has 0 radical (unpaired) electrons. The second-order valence-corrected chi connectivity index (χ2v) is 18.1. The predicted octanol–water partition coefficient (Wildman–Crippen LogP) is 7.83. The Balaban J connectivity index is 2.58. The van der Waals surface area contributed by atoms with E-state index in [-0.39, 0.29) is 11.1 Å². The summed E-state index contributed by atoms with van der Waals surface area (Å²) in [7, 11) is 2.67. The van der Waals surface area contributed by atoms with Crippen molar-refractivity contribution in [3.63, 3.8) is 0 Å². The Labute approximate surface area is 248 Å². The van der Waals surface area contributed by atoms with Crippen LogP contribution in [0.3, 0.4) is 0 Å². The summed E-state index contributed by atoms with van der Waals surface area (Å²) < 4.78 is 30.0. The van der Waals surface area contributed by atoms with Crippen molar-refractivity contribution in [2.24, 2.45) is 0 Å². The van der Waals surface area contributed by atoms with Crippen LogP contribution in [-0.4, -0.2) is 59.5 Å². The Morgan fingerprint density at radius 2 is 1.76 bits per heavy atom. The van der Waals surface area contributed by atoms with Crippen LogP contribution in [-0.2, 0) is 25.1 Å². The highest BCUT2D eigenvalue weighted by atomic mass is 28.4. The van der Waals surface area contributed by atoms with Gasteiger partial charge in [0.1, 0.15) is 11.7 Å². The molecular weight excluding hydrogens is 538 g/mol. The van der Waals surface area contributed by atoms with Gasteiger partial charge in [0.2, 0.25) is 0 Å². The summed E-state index contributed by atoms with van der Waals surface area (Å²) >= 11 is 0. The van der Waals surface area contributed by atoms with Gasteiger partial charge in [-0.2, -0.15) is 0 Å². The molecule has 9 heteroatoms. The Bertz CT molecular complexity index is 1080. The molecule has 0 aromatic heterocycles. The van der Waals surface area contributed by atoms with Crippen LogP contribution in [0.15, 0.2) is 23.8 Å². The number of carbonyl (C=O) groups is 2. The average molecular weight is 592 g/mol. The summed E-state index contributed by atoms with van der Waals surface area (Å²) in [6.07, 6.45) is 5.26. The fourth-order valence-electron chi connectivity index (χ4n) is 4.56. The van der Waals surface area contributed by atoms with Crippen molar-refractivity contribution in [2.45, 2.75) is 123 Å². The lowest BCUT2D eigenvalue weighted by Gasteiger charge is -2.42. The number of hydrogen-bond donors (Lipinski definition) is 0. The number of rotatable bonds is 10. The Hall–Kier alpha value is -2.52. The van der Waals surface area contributed by atoms with E-state index >= 15 is 0 Å². The van der Waals surface area contributed by atoms with Crippen LogP contribution < -0.4 is 14.4 Å². The SMILES string of the molecule is CCCCc1c(N(C)C(=O)OC(C)(C)C)ccc(OC)c1O[C@H]1C[C@@H](O[Si](C)(C)C(C)(C)C)CC/C1=C/C(=O)OC. The number of carbonyl (C=O) groups excluding carboxylic acids is 2. The quantitative estimate of drug-likeness (QED) is 0.156. The molecular formula is C32H53NO7Si. The number of benzene rings is 1. The van der Waals surface area contributed by atoms with E-state index in [0.717, 1.165) is 30.4 Å². The second-order valence-electron chi connectivity index (χ2n) is 13.4. The highest BCUT2D eigenvalue weighted by Crippen LogP contribution is 2.43. The summed E-state index contributed by atoms with van der Waals surface area (Å²) in [6.45, 7) is 18.9. The zero-order chi connectivity index (χ0) is 31.2. The smallest absolute Gasteiger partial charge is 0.414 e. The summed E-state index contributed by atoms with van der Waals surface area (Å²) in [5.41, 5.74) is 1.80. The predicted molar refractivity (Wildman–Crippen MR) is 167 cm³/mol. The molecule has 0 unspecified atom stereocenters. The van der Waals surface area contributed by atoms with Gasteiger partial charge in [-0.15, -0.1) is 0 Å². The number of nitrogens with zero attached hydrogens (tertiary/aromatic N) is 1. The lowest BCUT2D eigenvalue weighted by molar-refractivity contribution is -0.135. The van der Waals surface area contributed by atoms with Gasteiger partial charge in [0.05, 0.1) is 19.9 Å². The van der Waals surface area contributed by atoms with Gasteiger partial charge in [-0.3, -0.25) is 4.90 Å². The molecule has 0 saturated heterocycles. The highest BCUT2D eigenvalue weighted by molar-refractivity contribution is 6.74. The van der Waals surface area contributed by atoms with E-state index in [1.807, 2.05) is 32.9 Å². The van der Waals surface area contributed by atoms with E-state index in [4.69, 9.17) is 23.4 Å². The van der Waals surface area contributed by atoms with Gasteiger partial charge in [0.25, 0.3) is 0 Å². The topological polar surface area (TPSA) is 83.5 Å². The van der Waals surface area contributed by atoms with E-state index in [9.17, 15) is 9.59 Å². The van der Waals surface area contributed by atoms with Gasteiger partial charge in [0.15, 0.2) is 19.8 Å². The lowest BCUT2D eigenvalue weighted by Crippen LogP contribution is -2.46. The molecule has 1 saturated carbocycles. The maximum atomic E-state index is 13.1. The Morgan fingerprint density at radius 1 is 1.10 bits per heavy atom. The molecule has 2 atom stereocenters. The Kier molecular flexibility index (Phi) is 11.9. The van der Waals surface area contributed by atoms with Crippen molar-refractivity contribution in [3.8, 4) is 11.5 Å². The van der Waals surface area contributed by atoms with E-state index in [2.05, 4.69) is 40.8 Å². The molecule has 1 aromatic carbocycles. The first-order valence-electron chi connectivity index (χ1n) is 14.7. The first-order valence-corrected chi connectivity index (χ1v) is 17.6. The number of anilines is 1. The monoisotopic (exact) mass is 591 g/mol. The van der Waals surface area contributed by atoms with Crippen molar-refractivity contribution in [1.82, 2.24) is 0 Å². The fraction of sp³-hybridized carbons (Fsp3) is 0.688. The fourth-order valence-corrected chi connectivity index (χ4v) is 5.96. The number of methoxy groups -OCH3 is 2. The molecule has 0 heterocycles. The van der Waals surface area contributed by atoms with Crippen LogP contribution in [0.25, 0.3) is 0 Å². The molecule has 1 fully saturated rings. The molecule has 0 bridgehead atoms. The number of esters is 1. The highest BCUT2D eigenvalue weighted by Gasteiger charge is 2.41. The number of amides is 1. The minimum absolute atomic E-state index is 0.00612. The van der Waals surface area contributed by atoms with Gasteiger partial charge < -0.3 is 23.4 Å². The largest absolute Gasteiger partial charge is 0.493 e. The molecule has 2 rings (SSSR count). The maximum Gasteiger partial charge on any atom is 0.414 e. The molecule has 0 aliphatic heterocycles. The summed E-state index contributed by atoms with van der Waals surface area (Å²) in [5.74, 6) is 0.735. The van der Waals surface area contributed by atoms with Crippen LogP contribution in [0.1, 0.15) is 86.1 Å². The Morgan fingerprint density at radius 3 is 2.29 bits per heavy atom. The summed E-state index contributed by atoms with van der Waals surface area (Å²) in [5, 5.41) is 0.0720.